The minimum Gasteiger partial charge on any atom is -0.465 e. The summed E-state index contributed by atoms with van der Waals surface area (Å²) in [5, 5.41) is 13.6. The smallest absolute Gasteiger partial charge is 0.322 e. The molecule has 0 aliphatic rings. The second-order valence-electron chi connectivity index (χ2n) is 3.89. The van der Waals surface area contributed by atoms with Crippen LogP contribution in [0, 0.1) is 10.1 Å². The summed E-state index contributed by atoms with van der Waals surface area (Å²) in [4.78, 5) is 21.6. The monoisotopic (exact) mass is 330 g/mol. The number of nitro groups is 1. The summed E-state index contributed by atoms with van der Waals surface area (Å²) >= 11 is 3.27. The molecule has 0 aliphatic heterocycles. The van der Waals surface area contributed by atoms with E-state index in [2.05, 4.69) is 21.2 Å². The van der Waals surface area contributed by atoms with E-state index >= 15 is 0 Å². The van der Waals surface area contributed by atoms with E-state index in [4.69, 9.17) is 4.74 Å². The van der Waals surface area contributed by atoms with Crippen molar-refractivity contribution in [2.24, 2.45) is 0 Å². The van der Waals surface area contributed by atoms with E-state index in [1.54, 1.807) is 19.9 Å². The molecule has 1 unspecified atom stereocenters. The van der Waals surface area contributed by atoms with Gasteiger partial charge in [0.1, 0.15) is 6.04 Å². The van der Waals surface area contributed by atoms with Gasteiger partial charge in [0, 0.05) is 23.2 Å². The summed E-state index contributed by atoms with van der Waals surface area (Å²) in [5.41, 5.74) is 0.857. The van der Waals surface area contributed by atoms with Gasteiger partial charge in [-0.3, -0.25) is 14.9 Å². The number of benzene rings is 1. The highest BCUT2D eigenvalue weighted by Gasteiger charge is 2.14. The van der Waals surface area contributed by atoms with Crippen molar-refractivity contribution in [1.82, 2.24) is 5.32 Å². The Morgan fingerprint density at radius 2 is 2.26 bits per heavy atom. The topological polar surface area (TPSA) is 81.5 Å². The van der Waals surface area contributed by atoms with Gasteiger partial charge in [-0.25, -0.2) is 0 Å². The Labute approximate surface area is 119 Å². The van der Waals surface area contributed by atoms with Crippen LogP contribution in [0.4, 0.5) is 5.69 Å². The normalized spacial score (nSPS) is 11.9. The number of nitro benzene ring substituents is 1. The average Bonchev–Trinajstić information content (AvgIpc) is 2.36. The van der Waals surface area contributed by atoms with E-state index in [1.807, 2.05) is 0 Å². The maximum absolute atomic E-state index is 11.4. The predicted octanol–water partition coefficient (Wildman–Crippen LogP) is 2.40. The Hall–Kier alpha value is -1.47. The van der Waals surface area contributed by atoms with E-state index in [0.717, 1.165) is 5.56 Å². The van der Waals surface area contributed by atoms with Gasteiger partial charge in [-0.15, -0.1) is 0 Å². The molecule has 0 aliphatic carbocycles. The molecule has 0 aromatic heterocycles. The fraction of sp³-hybridized carbons (Fsp3) is 0.417. The Kier molecular flexibility index (Phi) is 5.91. The average molecular weight is 331 g/mol. The quantitative estimate of drug-likeness (QED) is 0.492. The van der Waals surface area contributed by atoms with Gasteiger partial charge in [0.05, 0.1) is 11.5 Å². The molecular weight excluding hydrogens is 316 g/mol. The molecule has 7 heteroatoms. The lowest BCUT2D eigenvalue weighted by atomic mass is 10.2. The molecular formula is C12H15BrN2O4. The molecule has 104 valence electrons. The summed E-state index contributed by atoms with van der Waals surface area (Å²) in [7, 11) is 0. The zero-order chi connectivity index (χ0) is 14.4. The molecule has 0 fully saturated rings. The Bertz CT molecular complexity index is 479. The maximum Gasteiger partial charge on any atom is 0.322 e. The number of hydrogen-bond acceptors (Lipinski definition) is 5. The molecule has 0 heterocycles. The summed E-state index contributed by atoms with van der Waals surface area (Å²) in [6, 6.07) is 4.08. The van der Waals surface area contributed by atoms with Crippen molar-refractivity contribution >= 4 is 27.6 Å². The third-order valence-electron chi connectivity index (χ3n) is 2.49. The number of hydrogen-bond donors (Lipinski definition) is 1. The van der Waals surface area contributed by atoms with Gasteiger partial charge in [-0.2, -0.15) is 0 Å². The van der Waals surface area contributed by atoms with Crippen LogP contribution in [-0.4, -0.2) is 23.5 Å². The van der Waals surface area contributed by atoms with Crippen LogP contribution in [0.5, 0.6) is 0 Å². The van der Waals surface area contributed by atoms with Gasteiger partial charge < -0.3 is 10.1 Å². The predicted molar refractivity (Wildman–Crippen MR) is 73.7 cm³/mol. The highest BCUT2D eigenvalue weighted by molar-refractivity contribution is 9.10. The van der Waals surface area contributed by atoms with Crippen molar-refractivity contribution in [2.45, 2.75) is 26.4 Å². The highest BCUT2D eigenvalue weighted by Crippen LogP contribution is 2.22. The molecule has 0 saturated carbocycles. The number of carbonyl (C=O) groups excluding carboxylic acids is 1. The zero-order valence-corrected chi connectivity index (χ0v) is 12.3. The van der Waals surface area contributed by atoms with Gasteiger partial charge >= 0.3 is 5.97 Å². The number of carbonyl (C=O) groups is 1. The minimum atomic E-state index is -0.455. The summed E-state index contributed by atoms with van der Waals surface area (Å²) in [6.07, 6.45) is 0. The Morgan fingerprint density at radius 1 is 1.58 bits per heavy atom. The van der Waals surface area contributed by atoms with Crippen molar-refractivity contribution in [3.8, 4) is 0 Å². The third-order valence-corrected chi connectivity index (χ3v) is 3.22. The first-order chi connectivity index (χ1) is 8.95. The van der Waals surface area contributed by atoms with Crippen LogP contribution in [0.3, 0.4) is 0 Å². The van der Waals surface area contributed by atoms with Crippen molar-refractivity contribution in [3.05, 3.63) is 38.3 Å². The van der Waals surface area contributed by atoms with Gasteiger partial charge in [-0.05, 0) is 25.5 Å². The molecule has 0 bridgehead atoms. The van der Waals surface area contributed by atoms with Crippen LogP contribution >= 0.6 is 15.9 Å². The molecule has 1 rings (SSSR count). The number of nitrogens with one attached hydrogen (secondary N) is 1. The highest BCUT2D eigenvalue weighted by atomic mass is 79.9. The lowest BCUT2D eigenvalue weighted by Crippen LogP contribution is -2.34. The van der Waals surface area contributed by atoms with E-state index < -0.39 is 11.0 Å². The number of esters is 1. The fourth-order valence-corrected chi connectivity index (χ4v) is 1.91. The van der Waals surface area contributed by atoms with E-state index in [1.165, 1.54) is 12.1 Å². The molecule has 1 N–H and O–H groups in total. The summed E-state index contributed by atoms with van der Waals surface area (Å²) in [5.74, 6) is -0.319. The number of rotatable bonds is 6. The standard InChI is InChI=1S/C12H15BrN2O4/c1-3-19-12(16)8(2)14-7-9-4-5-10(15(17)18)6-11(9)13/h4-6,8,14H,3,7H2,1-2H3. The molecule has 1 atom stereocenters. The molecule has 0 radical (unpaired) electrons. The second-order valence-corrected chi connectivity index (χ2v) is 4.74. The first kappa shape index (κ1) is 15.6. The SMILES string of the molecule is CCOC(=O)C(C)NCc1ccc([N+](=O)[O-])cc1Br. The van der Waals surface area contributed by atoms with Crippen LogP contribution in [-0.2, 0) is 16.1 Å². The minimum absolute atomic E-state index is 0.0223. The molecule has 0 amide bonds. The molecule has 19 heavy (non-hydrogen) atoms. The fourth-order valence-electron chi connectivity index (χ4n) is 1.41. The van der Waals surface area contributed by atoms with Crippen LogP contribution in [0.15, 0.2) is 22.7 Å². The maximum atomic E-state index is 11.4. The van der Waals surface area contributed by atoms with E-state index in [9.17, 15) is 14.9 Å². The van der Waals surface area contributed by atoms with Crippen LogP contribution in [0.25, 0.3) is 0 Å². The van der Waals surface area contributed by atoms with Crippen molar-refractivity contribution in [2.75, 3.05) is 6.61 Å². The van der Waals surface area contributed by atoms with Crippen molar-refractivity contribution in [3.63, 3.8) is 0 Å². The molecule has 1 aromatic carbocycles. The number of halogens is 1. The lowest BCUT2D eigenvalue weighted by molar-refractivity contribution is -0.384. The molecule has 1 aromatic rings. The second kappa shape index (κ2) is 7.20. The first-order valence-electron chi connectivity index (χ1n) is 5.78. The largest absolute Gasteiger partial charge is 0.465 e. The van der Waals surface area contributed by atoms with Gasteiger partial charge in [-0.1, -0.05) is 15.9 Å². The van der Waals surface area contributed by atoms with E-state index in [0.29, 0.717) is 17.6 Å². The number of nitrogens with zero attached hydrogens (tertiary/aromatic N) is 1. The van der Waals surface area contributed by atoms with Gasteiger partial charge in [0.15, 0.2) is 0 Å². The molecule has 0 spiro atoms. The zero-order valence-electron chi connectivity index (χ0n) is 10.7. The van der Waals surface area contributed by atoms with Crippen LogP contribution in [0.2, 0.25) is 0 Å². The summed E-state index contributed by atoms with van der Waals surface area (Å²) < 4.78 is 5.50. The molecule has 0 saturated heterocycles. The van der Waals surface area contributed by atoms with Gasteiger partial charge in [0.2, 0.25) is 0 Å². The third kappa shape index (κ3) is 4.60. The number of non-ortho nitro benzene ring substituents is 1. The number of ether oxygens (including phenoxy) is 1. The lowest BCUT2D eigenvalue weighted by Gasteiger charge is -2.13. The molecule has 6 nitrogen and oxygen atoms in total. The Balaban J connectivity index is 2.63. The van der Waals surface area contributed by atoms with Crippen molar-refractivity contribution < 1.29 is 14.5 Å². The van der Waals surface area contributed by atoms with Crippen molar-refractivity contribution in [1.29, 1.82) is 0 Å². The van der Waals surface area contributed by atoms with E-state index in [-0.39, 0.29) is 11.7 Å². The first-order valence-corrected chi connectivity index (χ1v) is 6.57. The van der Waals surface area contributed by atoms with Crippen LogP contribution in [0.1, 0.15) is 19.4 Å². The van der Waals surface area contributed by atoms with Gasteiger partial charge in [0.25, 0.3) is 5.69 Å². The summed E-state index contributed by atoms with van der Waals surface area (Å²) in [6.45, 7) is 4.21. The van der Waals surface area contributed by atoms with Crippen LogP contribution < -0.4 is 5.32 Å². The Morgan fingerprint density at radius 3 is 2.79 bits per heavy atom.